The Morgan fingerprint density at radius 3 is 2.39 bits per heavy atom. The molecule has 0 spiro atoms. The molecule has 1 fully saturated rings. The second-order valence-corrected chi connectivity index (χ2v) is 7.33. The summed E-state index contributed by atoms with van der Waals surface area (Å²) in [7, 11) is 0. The van der Waals surface area contributed by atoms with Crippen molar-refractivity contribution >= 4 is 17.5 Å². The van der Waals surface area contributed by atoms with Gasteiger partial charge in [0.25, 0.3) is 5.91 Å². The second kappa shape index (κ2) is 8.52. The maximum Gasteiger partial charge on any atom is 0.254 e. The SMILES string of the molecule is Cc1ccc(C(=O)N2CCN(CC(=O)Nc3cccc(C)c3C)CC2)cc1F. The fraction of sp³-hybridized carbons (Fsp3) is 0.364. The van der Waals surface area contributed by atoms with Gasteiger partial charge in [0.1, 0.15) is 5.82 Å². The Morgan fingerprint density at radius 1 is 1.00 bits per heavy atom. The normalized spacial score (nSPS) is 14.8. The van der Waals surface area contributed by atoms with E-state index in [-0.39, 0.29) is 24.2 Å². The third-order valence-corrected chi connectivity index (χ3v) is 5.32. The molecule has 0 unspecified atom stereocenters. The molecule has 6 heteroatoms. The van der Waals surface area contributed by atoms with E-state index in [1.54, 1.807) is 24.0 Å². The van der Waals surface area contributed by atoms with Crippen LogP contribution >= 0.6 is 0 Å². The van der Waals surface area contributed by atoms with Gasteiger partial charge in [0, 0.05) is 37.4 Å². The lowest BCUT2D eigenvalue weighted by Gasteiger charge is -2.34. The highest BCUT2D eigenvalue weighted by molar-refractivity contribution is 5.94. The number of carbonyl (C=O) groups excluding carboxylic acids is 2. The van der Waals surface area contributed by atoms with Crippen LogP contribution in [0.4, 0.5) is 10.1 Å². The van der Waals surface area contributed by atoms with E-state index in [1.807, 2.05) is 36.9 Å². The van der Waals surface area contributed by atoms with Crippen molar-refractivity contribution in [1.82, 2.24) is 9.80 Å². The second-order valence-electron chi connectivity index (χ2n) is 7.33. The van der Waals surface area contributed by atoms with Gasteiger partial charge in [0.15, 0.2) is 0 Å². The van der Waals surface area contributed by atoms with Crippen LogP contribution in [0.3, 0.4) is 0 Å². The average Bonchev–Trinajstić information content (AvgIpc) is 2.67. The summed E-state index contributed by atoms with van der Waals surface area (Å²) in [6.45, 7) is 8.22. The standard InChI is InChI=1S/C22H26FN3O2/c1-15-5-4-6-20(17(15)3)24-21(27)14-25-9-11-26(12-10-25)22(28)18-8-7-16(2)19(23)13-18/h4-8,13H,9-12,14H2,1-3H3,(H,24,27). The lowest BCUT2D eigenvalue weighted by Crippen LogP contribution is -2.50. The van der Waals surface area contributed by atoms with Crippen LogP contribution in [0.2, 0.25) is 0 Å². The summed E-state index contributed by atoms with van der Waals surface area (Å²) in [6.07, 6.45) is 0. The van der Waals surface area contributed by atoms with Gasteiger partial charge in [-0.2, -0.15) is 0 Å². The first-order chi connectivity index (χ1) is 13.3. The van der Waals surface area contributed by atoms with Crippen LogP contribution in [0.25, 0.3) is 0 Å². The number of nitrogens with one attached hydrogen (secondary N) is 1. The van der Waals surface area contributed by atoms with Gasteiger partial charge >= 0.3 is 0 Å². The Kier molecular flexibility index (Phi) is 6.09. The molecule has 0 bridgehead atoms. The molecule has 148 valence electrons. The quantitative estimate of drug-likeness (QED) is 0.883. The van der Waals surface area contributed by atoms with Crippen LogP contribution in [0.5, 0.6) is 0 Å². The van der Waals surface area contributed by atoms with Crippen molar-refractivity contribution in [2.45, 2.75) is 20.8 Å². The van der Waals surface area contributed by atoms with Crippen molar-refractivity contribution in [3.05, 3.63) is 64.5 Å². The molecule has 0 radical (unpaired) electrons. The van der Waals surface area contributed by atoms with E-state index in [1.165, 1.54) is 6.07 Å². The largest absolute Gasteiger partial charge is 0.336 e. The van der Waals surface area contributed by atoms with Gasteiger partial charge < -0.3 is 10.2 Å². The highest BCUT2D eigenvalue weighted by Gasteiger charge is 2.24. The van der Waals surface area contributed by atoms with Crippen LogP contribution in [-0.4, -0.2) is 54.3 Å². The Balaban J connectivity index is 1.52. The third-order valence-electron chi connectivity index (χ3n) is 5.32. The number of halogens is 1. The van der Waals surface area contributed by atoms with Crippen LogP contribution in [0.15, 0.2) is 36.4 Å². The summed E-state index contributed by atoms with van der Waals surface area (Å²) in [5, 5.41) is 2.97. The van der Waals surface area contributed by atoms with E-state index in [0.29, 0.717) is 37.3 Å². The summed E-state index contributed by atoms with van der Waals surface area (Å²) in [6, 6.07) is 10.4. The van der Waals surface area contributed by atoms with Gasteiger partial charge in [-0.05, 0) is 55.7 Å². The Morgan fingerprint density at radius 2 is 1.71 bits per heavy atom. The molecule has 2 aromatic carbocycles. The number of anilines is 1. The number of carbonyl (C=O) groups is 2. The van der Waals surface area contributed by atoms with Crippen LogP contribution in [0, 0.1) is 26.6 Å². The van der Waals surface area contributed by atoms with E-state index in [9.17, 15) is 14.0 Å². The summed E-state index contributed by atoms with van der Waals surface area (Å²) < 4.78 is 13.7. The molecule has 1 saturated heterocycles. The molecule has 1 aliphatic heterocycles. The van der Waals surface area contributed by atoms with Gasteiger partial charge in [-0.1, -0.05) is 18.2 Å². The molecular weight excluding hydrogens is 357 g/mol. The smallest absolute Gasteiger partial charge is 0.254 e. The van der Waals surface area contributed by atoms with E-state index < -0.39 is 0 Å². The first kappa shape index (κ1) is 20.0. The van der Waals surface area contributed by atoms with Crippen LogP contribution in [0.1, 0.15) is 27.0 Å². The first-order valence-electron chi connectivity index (χ1n) is 9.49. The molecule has 3 rings (SSSR count). The van der Waals surface area contributed by atoms with Gasteiger partial charge in [-0.25, -0.2) is 4.39 Å². The zero-order valence-corrected chi connectivity index (χ0v) is 16.6. The highest BCUT2D eigenvalue weighted by atomic mass is 19.1. The molecular formula is C22H26FN3O2. The Labute approximate surface area is 165 Å². The summed E-state index contributed by atoms with van der Waals surface area (Å²) in [5.74, 6) is -0.597. The fourth-order valence-corrected chi connectivity index (χ4v) is 3.30. The van der Waals surface area contributed by atoms with E-state index in [4.69, 9.17) is 0 Å². The molecule has 1 N–H and O–H groups in total. The molecule has 0 saturated carbocycles. The van der Waals surface area contributed by atoms with Crippen LogP contribution < -0.4 is 5.32 Å². The van der Waals surface area contributed by atoms with Crippen LogP contribution in [-0.2, 0) is 4.79 Å². The molecule has 5 nitrogen and oxygen atoms in total. The molecule has 0 aliphatic carbocycles. The lowest BCUT2D eigenvalue weighted by molar-refractivity contribution is -0.117. The van der Waals surface area contributed by atoms with E-state index in [0.717, 1.165) is 16.8 Å². The minimum absolute atomic E-state index is 0.0610. The summed E-state index contributed by atoms with van der Waals surface area (Å²) in [5.41, 5.74) is 3.93. The predicted octanol–water partition coefficient (Wildman–Crippen LogP) is 3.15. The molecule has 2 amide bonds. The number of rotatable bonds is 4. The fourth-order valence-electron chi connectivity index (χ4n) is 3.30. The van der Waals surface area contributed by atoms with Crippen molar-refractivity contribution in [3.63, 3.8) is 0 Å². The zero-order valence-electron chi connectivity index (χ0n) is 16.6. The number of amides is 2. The maximum atomic E-state index is 13.7. The molecule has 1 aliphatic rings. The zero-order chi connectivity index (χ0) is 20.3. The van der Waals surface area contributed by atoms with Gasteiger partial charge in [0.05, 0.1) is 6.54 Å². The molecule has 0 aromatic heterocycles. The van der Waals surface area contributed by atoms with E-state index in [2.05, 4.69) is 5.32 Å². The van der Waals surface area contributed by atoms with Gasteiger partial charge in [0.2, 0.25) is 5.91 Å². The monoisotopic (exact) mass is 383 g/mol. The van der Waals surface area contributed by atoms with Gasteiger partial charge in [-0.3, -0.25) is 14.5 Å². The predicted molar refractivity (Wildman–Crippen MR) is 108 cm³/mol. The lowest BCUT2D eigenvalue weighted by atomic mass is 10.1. The number of nitrogens with zero attached hydrogens (tertiary/aromatic N) is 2. The summed E-state index contributed by atoms with van der Waals surface area (Å²) in [4.78, 5) is 28.7. The average molecular weight is 383 g/mol. The summed E-state index contributed by atoms with van der Waals surface area (Å²) >= 11 is 0. The maximum absolute atomic E-state index is 13.7. The van der Waals surface area contributed by atoms with Crippen molar-refractivity contribution in [2.24, 2.45) is 0 Å². The minimum Gasteiger partial charge on any atom is -0.336 e. The van der Waals surface area contributed by atoms with Gasteiger partial charge in [-0.15, -0.1) is 0 Å². The third kappa shape index (κ3) is 4.57. The van der Waals surface area contributed by atoms with Crippen molar-refractivity contribution in [3.8, 4) is 0 Å². The van der Waals surface area contributed by atoms with E-state index >= 15 is 0 Å². The number of benzene rings is 2. The molecule has 0 atom stereocenters. The highest BCUT2D eigenvalue weighted by Crippen LogP contribution is 2.18. The van der Waals surface area contributed by atoms with Crippen molar-refractivity contribution < 1.29 is 14.0 Å². The molecule has 2 aromatic rings. The van der Waals surface area contributed by atoms with Crippen molar-refractivity contribution in [2.75, 3.05) is 38.0 Å². The number of piperazine rings is 1. The minimum atomic E-state index is -0.368. The number of aryl methyl sites for hydroxylation is 2. The number of hydrogen-bond donors (Lipinski definition) is 1. The topological polar surface area (TPSA) is 52.7 Å². The Bertz CT molecular complexity index is 889. The first-order valence-corrected chi connectivity index (χ1v) is 9.49. The number of hydrogen-bond acceptors (Lipinski definition) is 3. The molecule has 1 heterocycles. The van der Waals surface area contributed by atoms with Crippen molar-refractivity contribution in [1.29, 1.82) is 0 Å². The Hall–Kier alpha value is -2.73. The molecule has 28 heavy (non-hydrogen) atoms.